The standard InChI is InChI=1S/C8H12F3NO2/c1-12-3-2-5(7(13)14)6(12)4-8(9,10)11/h5-6H,2-4H2,1H3,(H,13,14). The minimum absolute atomic E-state index is 0.298. The van der Waals surface area contributed by atoms with E-state index in [1.807, 2.05) is 0 Å². The van der Waals surface area contributed by atoms with Gasteiger partial charge in [0.1, 0.15) is 0 Å². The summed E-state index contributed by atoms with van der Waals surface area (Å²) in [4.78, 5) is 12.1. The molecule has 0 saturated carbocycles. The number of carbonyl (C=O) groups is 1. The molecule has 1 heterocycles. The van der Waals surface area contributed by atoms with E-state index in [-0.39, 0.29) is 0 Å². The third-order valence-corrected chi connectivity index (χ3v) is 2.58. The van der Waals surface area contributed by atoms with Crippen molar-refractivity contribution in [2.75, 3.05) is 13.6 Å². The van der Waals surface area contributed by atoms with Gasteiger partial charge in [-0.15, -0.1) is 0 Å². The first-order chi connectivity index (χ1) is 6.31. The molecule has 0 aliphatic carbocycles. The lowest BCUT2D eigenvalue weighted by Crippen LogP contribution is -2.36. The summed E-state index contributed by atoms with van der Waals surface area (Å²) in [6.45, 7) is 0.414. The van der Waals surface area contributed by atoms with Crippen LogP contribution in [-0.4, -0.2) is 41.8 Å². The van der Waals surface area contributed by atoms with Gasteiger partial charge in [-0.1, -0.05) is 0 Å². The number of aliphatic carboxylic acids is 1. The molecule has 82 valence electrons. The lowest BCUT2D eigenvalue weighted by Gasteiger charge is -2.23. The molecule has 2 atom stereocenters. The molecule has 0 aromatic heterocycles. The minimum Gasteiger partial charge on any atom is -0.481 e. The Hall–Kier alpha value is -0.780. The summed E-state index contributed by atoms with van der Waals surface area (Å²) in [7, 11) is 1.53. The van der Waals surface area contributed by atoms with Crippen LogP contribution in [0.1, 0.15) is 12.8 Å². The van der Waals surface area contributed by atoms with Crippen molar-refractivity contribution >= 4 is 5.97 Å². The number of hydrogen-bond donors (Lipinski definition) is 1. The van der Waals surface area contributed by atoms with E-state index < -0.39 is 30.5 Å². The Kier molecular flexibility index (Phi) is 3.04. The number of hydrogen-bond acceptors (Lipinski definition) is 2. The van der Waals surface area contributed by atoms with Gasteiger partial charge in [-0.2, -0.15) is 13.2 Å². The van der Waals surface area contributed by atoms with Gasteiger partial charge in [-0.05, 0) is 20.0 Å². The van der Waals surface area contributed by atoms with Gasteiger partial charge in [0, 0.05) is 6.04 Å². The number of nitrogens with zero attached hydrogens (tertiary/aromatic N) is 1. The second kappa shape index (κ2) is 3.76. The van der Waals surface area contributed by atoms with Gasteiger partial charge in [0.25, 0.3) is 0 Å². The minimum atomic E-state index is -4.29. The van der Waals surface area contributed by atoms with E-state index in [9.17, 15) is 18.0 Å². The van der Waals surface area contributed by atoms with Crippen molar-refractivity contribution < 1.29 is 23.1 Å². The first-order valence-corrected chi connectivity index (χ1v) is 4.31. The van der Waals surface area contributed by atoms with Crippen LogP contribution in [0.15, 0.2) is 0 Å². The fraction of sp³-hybridized carbons (Fsp3) is 0.875. The topological polar surface area (TPSA) is 40.5 Å². The molecule has 3 nitrogen and oxygen atoms in total. The highest BCUT2D eigenvalue weighted by Crippen LogP contribution is 2.32. The average Bonchev–Trinajstić information content (AvgIpc) is 2.29. The molecule has 0 amide bonds. The summed E-state index contributed by atoms with van der Waals surface area (Å²) in [5.74, 6) is -2.02. The second-order valence-electron chi connectivity index (χ2n) is 3.60. The van der Waals surface area contributed by atoms with Crippen LogP contribution in [0.5, 0.6) is 0 Å². The Bertz CT molecular complexity index is 229. The zero-order valence-corrected chi connectivity index (χ0v) is 7.71. The molecule has 1 rings (SSSR count). The molecule has 1 fully saturated rings. The van der Waals surface area contributed by atoms with E-state index in [1.54, 1.807) is 0 Å². The number of likely N-dealkylation sites (tertiary alicyclic amines) is 1. The van der Waals surface area contributed by atoms with Crippen LogP contribution in [0.4, 0.5) is 13.2 Å². The fourth-order valence-electron chi connectivity index (χ4n) is 1.83. The van der Waals surface area contributed by atoms with Crippen LogP contribution in [0, 0.1) is 5.92 Å². The number of rotatable bonds is 2. The van der Waals surface area contributed by atoms with Gasteiger partial charge in [0.2, 0.25) is 0 Å². The molecular formula is C8H12F3NO2. The maximum atomic E-state index is 12.1. The average molecular weight is 211 g/mol. The Morgan fingerprint density at radius 2 is 2.14 bits per heavy atom. The third-order valence-electron chi connectivity index (χ3n) is 2.58. The van der Waals surface area contributed by atoms with Gasteiger partial charge in [0.15, 0.2) is 0 Å². The smallest absolute Gasteiger partial charge is 0.390 e. The second-order valence-corrected chi connectivity index (χ2v) is 3.60. The SMILES string of the molecule is CN1CCC(C(=O)O)C1CC(F)(F)F. The number of carboxylic acids is 1. The van der Waals surface area contributed by atoms with Crippen LogP contribution in [0.25, 0.3) is 0 Å². The number of alkyl halides is 3. The van der Waals surface area contributed by atoms with Crippen molar-refractivity contribution in [1.29, 1.82) is 0 Å². The maximum Gasteiger partial charge on any atom is 0.390 e. The molecule has 6 heteroatoms. The Morgan fingerprint density at radius 1 is 1.57 bits per heavy atom. The number of carboxylic acid groups (broad SMARTS) is 1. The molecule has 1 aliphatic rings. The van der Waals surface area contributed by atoms with Crippen molar-refractivity contribution in [3.63, 3.8) is 0 Å². The van der Waals surface area contributed by atoms with Gasteiger partial charge in [-0.25, -0.2) is 0 Å². The van der Waals surface area contributed by atoms with Crippen molar-refractivity contribution in [2.24, 2.45) is 5.92 Å². The van der Waals surface area contributed by atoms with Gasteiger partial charge >= 0.3 is 12.1 Å². The summed E-state index contributed by atoms with van der Waals surface area (Å²) in [5, 5.41) is 8.70. The Labute approximate surface area is 79.5 Å². The number of halogens is 3. The molecule has 1 aliphatic heterocycles. The molecule has 0 spiro atoms. The zero-order valence-electron chi connectivity index (χ0n) is 7.71. The summed E-state index contributed by atoms with van der Waals surface area (Å²) in [6, 6.07) is -0.910. The van der Waals surface area contributed by atoms with E-state index >= 15 is 0 Å². The maximum absolute atomic E-state index is 12.1. The van der Waals surface area contributed by atoms with Crippen LogP contribution >= 0.6 is 0 Å². The highest BCUT2D eigenvalue weighted by molar-refractivity contribution is 5.71. The Balaban J connectivity index is 2.67. The first-order valence-electron chi connectivity index (χ1n) is 4.31. The first kappa shape index (κ1) is 11.3. The fourth-order valence-corrected chi connectivity index (χ4v) is 1.83. The quantitative estimate of drug-likeness (QED) is 0.749. The third kappa shape index (κ3) is 2.60. The van der Waals surface area contributed by atoms with E-state index in [4.69, 9.17) is 5.11 Å². The normalized spacial score (nSPS) is 29.4. The van der Waals surface area contributed by atoms with Crippen LogP contribution in [-0.2, 0) is 4.79 Å². The largest absolute Gasteiger partial charge is 0.481 e. The van der Waals surface area contributed by atoms with Crippen LogP contribution < -0.4 is 0 Å². The molecule has 1 saturated heterocycles. The summed E-state index contributed by atoms with van der Waals surface area (Å²) in [6.07, 6.45) is -5.04. The summed E-state index contributed by atoms with van der Waals surface area (Å²) >= 11 is 0. The van der Waals surface area contributed by atoms with Crippen molar-refractivity contribution in [1.82, 2.24) is 4.90 Å². The van der Waals surface area contributed by atoms with E-state index in [0.717, 1.165) is 0 Å². The van der Waals surface area contributed by atoms with Gasteiger partial charge < -0.3 is 10.0 Å². The molecule has 1 N–H and O–H groups in total. The van der Waals surface area contributed by atoms with E-state index in [0.29, 0.717) is 13.0 Å². The van der Waals surface area contributed by atoms with Crippen molar-refractivity contribution in [3.05, 3.63) is 0 Å². The van der Waals surface area contributed by atoms with E-state index in [1.165, 1.54) is 11.9 Å². The van der Waals surface area contributed by atoms with Gasteiger partial charge in [0.05, 0.1) is 12.3 Å². The molecule has 0 aromatic carbocycles. The lowest BCUT2D eigenvalue weighted by molar-refractivity contribution is -0.155. The molecule has 2 unspecified atom stereocenters. The van der Waals surface area contributed by atoms with E-state index in [2.05, 4.69) is 0 Å². The lowest BCUT2D eigenvalue weighted by atomic mass is 9.98. The highest BCUT2D eigenvalue weighted by Gasteiger charge is 2.43. The molecule has 0 radical (unpaired) electrons. The van der Waals surface area contributed by atoms with Gasteiger partial charge in [-0.3, -0.25) is 4.79 Å². The molecule has 14 heavy (non-hydrogen) atoms. The van der Waals surface area contributed by atoms with Crippen molar-refractivity contribution in [2.45, 2.75) is 25.1 Å². The summed E-state index contributed by atoms with van der Waals surface area (Å²) < 4.78 is 36.3. The molecule has 0 bridgehead atoms. The van der Waals surface area contributed by atoms with Crippen molar-refractivity contribution in [3.8, 4) is 0 Å². The summed E-state index contributed by atoms with van der Waals surface area (Å²) in [5.41, 5.74) is 0. The molecule has 0 aromatic rings. The zero-order chi connectivity index (χ0) is 10.9. The Morgan fingerprint density at radius 3 is 2.57 bits per heavy atom. The predicted octanol–water partition coefficient (Wildman–Crippen LogP) is 1.34. The van der Waals surface area contributed by atoms with Crippen LogP contribution in [0.2, 0.25) is 0 Å². The predicted molar refractivity (Wildman–Crippen MR) is 42.8 cm³/mol. The molecular weight excluding hydrogens is 199 g/mol. The highest BCUT2D eigenvalue weighted by atomic mass is 19.4. The van der Waals surface area contributed by atoms with Crippen LogP contribution in [0.3, 0.4) is 0 Å². The monoisotopic (exact) mass is 211 g/mol.